The topological polar surface area (TPSA) is 32.3 Å². The van der Waals surface area contributed by atoms with E-state index in [0.717, 1.165) is 25.9 Å². The molecule has 0 atom stereocenters. The first-order chi connectivity index (χ1) is 7.35. The quantitative estimate of drug-likeness (QED) is 0.771. The zero-order valence-electron chi connectivity index (χ0n) is 11.3. The van der Waals surface area contributed by atoms with Crippen LogP contribution in [0.5, 0.6) is 0 Å². The number of piperidine rings is 1. The minimum Gasteiger partial charge on any atom is -0.336 e. The molecule has 1 N–H and O–H groups in total. The molecule has 0 spiro atoms. The van der Waals surface area contributed by atoms with Crippen LogP contribution in [0, 0.1) is 11.3 Å². The molecule has 0 saturated carbocycles. The van der Waals surface area contributed by atoms with Gasteiger partial charge in [0.2, 0.25) is 0 Å². The van der Waals surface area contributed by atoms with E-state index in [9.17, 15) is 4.79 Å². The molecule has 16 heavy (non-hydrogen) atoms. The van der Waals surface area contributed by atoms with Crippen molar-refractivity contribution >= 4 is 6.03 Å². The molecule has 1 aliphatic heterocycles. The van der Waals surface area contributed by atoms with Crippen molar-refractivity contribution in [3.63, 3.8) is 0 Å². The fourth-order valence-corrected chi connectivity index (χ4v) is 2.14. The Morgan fingerprint density at radius 2 is 1.69 bits per heavy atom. The Balaban J connectivity index is 2.46. The largest absolute Gasteiger partial charge is 0.336 e. The Bertz CT molecular complexity index is 240. The van der Waals surface area contributed by atoms with Crippen molar-refractivity contribution in [1.29, 1.82) is 0 Å². The second-order valence-electron chi connectivity index (χ2n) is 5.90. The van der Waals surface area contributed by atoms with Crippen LogP contribution >= 0.6 is 0 Å². The predicted octanol–water partition coefficient (Wildman–Crippen LogP) is 2.86. The highest BCUT2D eigenvalue weighted by atomic mass is 16.2. The molecule has 1 heterocycles. The van der Waals surface area contributed by atoms with Gasteiger partial charge < -0.3 is 10.2 Å². The van der Waals surface area contributed by atoms with Crippen LogP contribution in [0.25, 0.3) is 0 Å². The molecule has 1 aliphatic rings. The first kappa shape index (κ1) is 13.3. The van der Waals surface area contributed by atoms with Crippen molar-refractivity contribution < 1.29 is 4.79 Å². The maximum absolute atomic E-state index is 11.8. The molecule has 3 heteroatoms. The number of carbonyl (C=O) groups is 1. The lowest BCUT2D eigenvalue weighted by Gasteiger charge is -2.42. The van der Waals surface area contributed by atoms with Crippen LogP contribution in [0.4, 0.5) is 4.79 Å². The number of nitrogens with zero attached hydrogens (tertiary/aromatic N) is 1. The third-order valence-electron chi connectivity index (χ3n) is 4.00. The SMILES string of the molecule is CC(C)NC(=O)N1CCC(C)(C(C)C)CC1. The third-order valence-corrected chi connectivity index (χ3v) is 4.00. The van der Waals surface area contributed by atoms with Crippen molar-refractivity contribution in [2.75, 3.05) is 13.1 Å². The zero-order valence-corrected chi connectivity index (χ0v) is 11.3. The number of nitrogens with one attached hydrogen (secondary N) is 1. The summed E-state index contributed by atoms with van der Waals surface area (Å²) in [6, 6.07) is 0.326. The Hall–Kier alpha value is -0.730. The molecule has 0 unspecified atom stereocenters. The van der Waals surface area contributed by atoms with E-state index in [1.54, 1.807) is 0 Å². The molecular formula is C13H26N2O. The van der Waals surface area contributed by atoms with Gasteiger partial charge in [-0.05, 0) is 38.0 Å². The molecule has 1 saturated heterocycles. The van der Waals surface area contributed by atoms with Gasteiger partial charge in [0.05, 0.1) is 0 Å². The number of rotatable bonds is 2. The number of urea groups is 1. The normalized spacial score (nSPS) is 20.3. The highest BCUT2D eigenvalue weighted by Crippen LogP contribution is 2.37. The average molecular weight is 226 g/mol. The van der Waals surface area contributed by atoms with Crippen LogP contribution < -0.4 is 5.32 Å². The summed E-state index contributed by atoms with van der Waals surface area (Å²) >= 11 is 0. The summed E-state index contributed by atoms with van der Waals surface area (Å²) in [6.45, 7) is 12.7. The Morgan fingerprint density at radius 1 is 1.19 bits per heavy atom. The van der Waals surface area contributed by atoms with E-state index in [0.29, 0.717) is 11.3 Å². The number of carbonyl (C=O) groups excluding carboxylic acids is 1. The third kappa shape index (κ3) is 3.13. The van der Waals surface area contributed by atoms with Crippen molar-refractivity contribution in [2.45, 2.75) is 53.5 Å². The smallest absolute Gasteiger partial charge is 0.317 e. The number of amides is 2. The summed E-state index contributed by atoms with van der Waals surface area (Å²) in [5.74, 6) is 0.697. The first-order valence-electron chi connectivity index (χ1n) is 6.40. The highest BCUT2D eigenvalue weighted by Gasteiger charge is 2.34. The van der Waals surface area contributed by atoms with Gasteiger partial charge in [0.1, 0.15) is 0 Å². The van der Waals surface area contributed by atoms with Gasteiger partial charge in [-0.3, -0.25) is 0 Å². The lowest BCUT2D eigenvalue weighted by Crippen LogP contribution is -2.49. The molecular weight excluding hydrogens is 200 g/mol. The van der Waals surface area contributed by atoms with E-state index in [1.807, 2.05) is 18.7 Å². The fourth-order valence-electron chi connectivity index (χ4n) is 2.14. The summed E-state index contributed by atoms with van der Waals surface area (Å²) in [7, 11) is 0. The van der Waals surface area contributed by atoms with Gasteiger partial charge in [0.25, 0.3) is 0 Å². The molecule has 0 bridgehead atoms. The summed E-state index contributed by atoms with van der Waals surface area (Å²) in [6.07, 6.45) is 2.24. The van der Waals surface area contributed by atoms with Crippen molar-refractivity contribution in [2.24, 2.45) is 11.3 Å². The highest BCUT2D eigenvalue weighted by molar-refractivity contribution is 5.74. The Kier molecular flexibility index (Phi) is 4.22. The number of hydrogen-bond acceptors (Lipinski definition) is 1. The van der Waals surface area contributed by atoms with Crippen LogP contribution in [0.3, 0.4) is 0 Å². The van der Waals surface area contributed by atoms with Crippen molar-refractivity contribution in [1.82, 2.24) is 10.2 Å². The lowest BCUT2D eigenvalue weighted by atomic mass is 9.72. The van der Waals surface area contributed by atoms with Crippen molar-refractivity contribution in [3.05, 3.63) is 0 Å². The molecule has 0 radical (unpaired) electrons. The standard InChI is InChI=1S/C13H26N2O/c1-10(2)13(5)6-8-15(9-7-13)12(16)14-11(3)4/h10-11H,6-9H2,1-5H3,(H,14,16). The second kappa shape index (κ2) is 5.07. The molecule has 0 aromatic rings. The van der Waals surface area contributed by atoms with Crippen LogP contribution in [0.15, 0.2) is 0 Å². The maximum Gasteiger partial charge on any atom is 0.317 e. The lowest BCUT2D eigenvalue weighted by molar-refractivity contribution is 0.0914. The Morgan fingerprint density at radius 3 is 2.06 bits per heavy atom. The van der Waals surface area contributed by atoms with Crippen LogP contribution in [0.2, 0.25) is 0 Å². The van der Waals surface area contributed by atoms with Gasteiger partial charge in [-0.15, -0.1) is 0 Å². The van der Waals surface area contributed by atoms with Gasteiger partial charge in [-0.1, -0.05) is 20.8 Å². The summed E-state index contributed by atoms with van der Waals surface area (Å²) in [5, 5.41) is 2.96. The zero-order chi connectivity index (χ0) is 12.3. The molecule has 3 nitrogen and oxygen atoms in total. The number of hydrogen-bond donors (Lipinski definition) is 1. The van der Waals surface area contributed by atoms with E-state index in [2.05, 4.69) is 26.1 Å². The van der Waals surface area contributed by atoms with Crippen molar-refractivity contribution in [3.8, 4) is 0 Å². The van der Waals surface area contributed by atoms with Crippen LogP contribution in [-0.2, 0) is 0 Å². The summed E-state index contributed by atoms with van der Waals surface area (Å²) < 4.78 is 0. The van der Waals surface area contributed by atoms with Gasteiger partial charge >= 0.3 is 6.03 Å². The molecule has 1 fully saturated rings. The molecule has 1 rings (SSSR count). The fraction of sp³-hybridized carbons (Fsp3) is 0.923. The molecule has 0 aromatic heterocycles. The van der Waals surface area contributed by atoms with Crippen LogP contribution in [0.1, 0.15) is 47.5 Å². The number of likely N-dealkylation sites (tertiary alicyclic amines) is 1. The summed E-state index contributed by atoms with van der Waals surface area (Å²) in [5.41, 5.74) is 0.411. The monoisotopic (exact) mass is 226 g/mol. The van der Waals surface area contributed by atoms with E-state index >= 15 is 0 Å². The molecule has 94 valence electrons. The minimum atomic E-state index is 0.0980. The minimum absolute atomic E-state index is 0.0980. The first-order valence-corrected chi connectivity index (χ1v) is 6.40. The molecule has 2 amide bonds. The Labute approximate surface area is 99.6 Å². The van der Waals surface area contributed by atoms with E-state index in [1.165, 1.54) is 0 Å². The van der Waals surface area contributed by atoms with Crippen LogP contribution in [-0.4, -0.2) is 30.1 Å². The van der Waals surface area contributed by atoms with Gasteiger partial charge in [0.15, 0.2) is 0 Å². The van der Waals surface area contributed by atoms with E-state index in [4.69, 9.17) is 0 Å². The van der Waals surface area contributed by atoms with Gasteiger partial charge in [-0.2, -0.15) is 0 Å². The maximum atomic E-state index is 11.8. The van der Waals surface area contributed by atoms with Gasteiger partial charge in [0, 0.05) is 19.1 Å². The van der Waals surface area contributed by atoms with E-state index < -0.39 is 0 Å². The predicted molar refractivity (Wildman–Crippen MR) is 67.4 cm³/mol. The second-order valence-corrected chi connectivity index (χ2v) is 5.90. The average Bonchev–Trinajstić information content (AvgIpc) is 2.17. The molecule has 0 aromatic carbocycles. The van der Waals surface area contributed by atoms with Gasteiger partial charge in [-0.25, -0.2) is 4.79 Å². The van der Waals surface area contributed by atoms with E-state index in [-0.39, 0.29) is 12.1 Å². The summed E-state index contributed by atoms with van der Waals surface area (Å²) in [4.78, 5) is 13.8. The molecule has 0 aliphatic carbocycles.